The van der Waals surface area contributed by atoms with Crippen molar-refractivity contribution >= 4 is 29.3 Å². The molecule has 140 valence electrons. The molecule has 0 bridgehead atoms. The van der Waals surface area contributed by atoms with E-state index in [1.54, 1.807) is 6.92 Å². The quantitative estimate of drug-likeness (QED) is 0.660. The number of hydrogen-bond donors (Lipinski definition) is 1. The number of rotatable bonds is 5. The second kappa shape index (κ2) is 7.58. The van der Waals surface area contributed by atoms with Gasteiger partial charge in [-0.05, 0) is 26.0 Å². The average molecular weight is 394 g/mol. The van der Waals surface area contributed by atoms with E-state index in [2.05, 4.69) is 15.6 Å². The van der Waals surface area contributed by atoms with Gasteiger partial charge in [0.25, 0.3) is 5.91 Å². The van der Waals surface area contributed by atoms with Gasteiger partial charge in [0.05, 0.1) is 10.6 Å². The van der Waals surface area contributed by atoms with E-state index in [9.17, 15) is 14.0 Å². The number of benzene rings is 1. The molecule has 0 atom stereocenters. The summed E-state index contributed by atoms with van der Waals surface area (Å²) in [5, 5.41) is 9.75. The number of amides is 1. The first-order valence-corrected chi connectivity index (χ1v) is 8.05. The number of aryl methyl sites for hydroxylation is 2. The van der Waals surface area contributed by atoms with E-state index < -0.39 is 24.3 Å². The van der Waals surface area contributed by atoms with Crippen LogP contribution in [-0.4, -0.2) is 28.8 Å². The molecule has 1 aromatic carbocycles. The zero-order chi connectivity index (χ0) is 19.6. The van der Waals surface area contributed by atoms with Crippen molar-refractivity contribution in [2.75, 3.05) is 11.9 Å². The summed E-state index contributed by atoms with van der Waals surface area (Å²) in [5.74, 6) is -1.42. The Morgan fingerprint density at radius 1 is 1.26 bits per heavy atom. The number of nitrogens with one attached hydrogen (secondary N) is 1. The van der Waals surface area contributed by atoms with Crippen molar-refractivity contribution in [3.8, 4) is 11.3 Å². The third-order valence-corrected chi connectivity index (χ3v) is 3.81. The van der Waals surface area contributed by atoms with Crippen LogP contribution in [0, 0.1) is 19.7 Å². The maximum atomic E-state index is 14.1. The molecule has 0 aliphatic heterocycles. The molecule has 0 saturated carbocycles. The smallest absolute Gasteiger partial charge is 0.344 e. The molecule has 2 aromatic heterocycles. The second-order valence-electron chi connectivity index (χ2n) is 5.51. The average Bonchev–Trinajstić information content (AvgIpc) is 3.18. The van der Waals surface area contributed by atoms with Crippen molar-refractivity contribution in [2.45, 2.75) is 13.8 Å². The minimum absolute atomic E-state index is 0.0523. The molecule has 3 rings (SSSR count). The molecule has 1 amide bonds. The molecule has 8 nitrogen and oxygen atoms in total. The minimum Gasteiger partial charge on any atom is -0.452 e. The number of nitrogens with zero attached hydrogens (tertiary/aromatic N) is 2. The highest BCUT2D eigenvalue weighted by Crippen LogP contribution is 2.33. The lowest BCUT2D eigenvalue weighted by molar-refractivity contribution is -0.119. The molecule has 1 N–H and O–H groups in total. The van der Waals surface area contributed by atoms with Gasteiger partial charge in [0.1, 0.15) is 28.6 Å². The van der Waals surface area contributed by atoms with Gasteiger partial charge in [-0.15, -0.1) is 0 Å². The largest absolute Gasteiger partial charge is 0.452 e. The van der Waals surface area contributed by atoms with Gasteiger partial charge >= 0.3 is 5.97 Å². The second-order valence-corrected chi connectivity index (χ2v) is 5.91. The van der Waals surface area contributed by atoms with Crippen LogP contribution in [0.15, 0.2) is 33.3 Å². The van der Waals surface area contributed by atoms with Gasteiger partial charge in [-0.1, -0.05) is 28.0 Å². The molecule has 2 heterocycles. The Morgan fingerprint density at radius 3 is 2.70 bits per heavy atom. The third kappa shape index (κ3) is 3.98. The monoisotopic (exact) mass is 393 g/mol. The molecule has 27 heavy (non-hydrogen) atoms. The Balaban J connectivity index is 1.76. The fourth-order valence-electron chi connectivity index (χ4n) is 2.31. The molecule has 10 heteroatoms. The summed E-state index contributed by atoms with van der Waals surface area (Å²) in [6.07, 6.45) is 0. The lowest BCUT2D eigenvalue weighted by atomic mass is 10.1. The first-order valence-electron chi connectivity index (χ1n) is 7.67. The van der Waals surface area contributed by atoms with Crippen molar-refractivity contribution < 1.29 is 27.8 Å². The Kier molecular flexibility index (Phi) is 5.22. The topological polar surface area (TPSA) is 107 Å². The Labute approximate surface area is 157 Å². The van der Waals surface area contributed by atoms with Gasteiger partial charge in [-0.2, -0.15) is 0 Å². The number of aromatic nitrogens is 2. The van der Waals surface area contributed by atoms with E-state index in [1.165, 1.54) is 31.2 Å². The van der Waals surface area contributed by atoms with Gasteiger partial charge < -0.3 is 19.1 Å². The van der Waals surface area contributed by atoms with Crippen molar-refractivity contribution in [3.63, 3.8) is 0 Å². The normalized spacial score (nSPS) is 10.7. The van der Waals surface area contributed by atoms with Gasteiger partial charge in [-0.3, -0.25) is 4.79 Å². The first-order chi connectivity index (χ1) is 12.9. The van der Waals surface area contributed by atoms with E-state index >= 15 is 0 Å². The van der Waals surface area contributed by atoms with Crippen molar-refractivity contribution in [1.29, 1.82) is 0 Å². The fourth-order valence-corrected chi connectivity index (χ4v) is 2.57. The SMILES string of the molecule is Cc1cc(NC(=O)COC(=O)c2c(-c3c(F)cccc3Cl)noc2C)no1. The van der Waals surface area contributed by atoms with Gasteiger partial charge in [0, 0.05) is 6.07 Å². The Bertz CT molecular complexity index is 994. The van der Waals surface area contributed by atoms with Gasteiger partial charge in [0.2, 0.25) is 0 Å². The standard InChI is InChI=1S/C17H13ClFN3O5/c1-8-6-12(21-26-8)20-13(23)7-25-17(24)14-9(2)27-22-16(14)15-10(18)4-3-5-11(15)19/h3-6H,7H2,1-2H3,(H,20,21,23). The number of ether oxygens (including phenoxy) is 1. The van der Waals surface area contributed by atoms with Crippen molar-refractivity contribution in [2.24, 2.45) is 0 Å². The molecular weight excluding hydrogens is 381 g/mol. The summed E-state index contributed by atoms with van der Waals surface area (Å²) >= 11 is 6.02. The Morgan fingerprint density at radius 2 is 2.04 bits per heavy atom. The summed E-state index contributed by atoms with van der Waals surface area (Å²) < 4.78 is 28.9. The molecule has 3 aromatic rings. The van der Waals surface area contributed by atoms with Crippen molar-refractivity contribution in [3.05, 3.63) is 52.2 Å². The first kappa shape index (κ1) is 18.6. The lowest BCUT2D eigenvalue weighted by Gasteiger charge is -2.07. The van der Waals surface area contributed by atoms with Crippen molar-refractivity contribution in [1.82, 2.24) is 10.3 Å². The molecule has 0 radical (unpaired) electrons. The van der Waals surface area contributed by atoms with Crippen LogP contribution in [0.2, 0.25) is 5.02 Å². The number of carbonyl (C=O) groups excluding carboxylic acids is 2. The molecule has 0 saturated heterocycles. The van der Waals surface area contributed by atoms with Gasteiger partial charge in [0.15, 0.2) is 12.4 Å². The molecule has 0 aliphatic carbocycles. The molecule has 0 fully saturated rings. The predicted molar refractivity (Wildman–Crippen MR) is 91.8 cm³/mol. The van der Waals surface area contributed by atoms with Gasteiger partial charge in [-0.25, -0.2) is 9.18 Å². The van der Waals surface area contributed by atoms with Crippen LogP contribution in [-0.2, 0) is 9.53 Å². The molecule has 0 spiro atoms. The third-order valence-electron chi connectivity index (χ3n) is 3.50. The summed E-state index contributed by atoms with van der Waals surface area (Å²) in [5.41, 5.74) is -0.314. The highest BCUT2D eigenvalue weighted by molar-refractivity contribution is 6.33. The number of carbonyl (C=O) groups is 2. The zero-order valence-corrected chi connectivity index (χ0v) is 15.0. The van der Waals surface area contributed by atoms with E-state index in [0.29, 0.717) is 5.76 Å². The van der Waals surface area contributed by atoms with E-state index in [0.717, 1.165) is 0 Å². The number of anilines is 1. The summed E-state index contributed by atoms with van der Waals surface area (Å²) in [4.78, 5) is 24.3. The molecular formula is C17H13ClFN3O5. The maximum absolute atomic E-state index is 14.1. The molecule has 0 unspecified atom stereocenters. The van der Waals surface area contributed by atoms with E-state index in [-0.39, 0.29) is 33.4 Å². The summed E-state index contributed by atoms with van der Waals surface area (Å²) in [6, 6.07) is 5.55. The summed E-state index contributed by atoms with van der Waals surface area (Å²) in [7, 11) is 0. The number of esters is 1. The minimum atomic E-state index is -0.908. The predicted octanol–water partition coefficient (Wildman–Crippen LogP) is 3.53. The molecule has 0 aliphatic rings. The highest BCUT2D eigenvalue weighted by atomic mass is 35.5. The van der Waals surface area contributed by atoms with E-state index in [1.807, 2.05) is 0 Å². The van der Waals surface area contributed by atoms with Crippen LogP contribution < -0.4 is 5.32 Å². The van der Waals surface area contributed by atoms with Crippen LogP contribution in [0.25, 0.3) is 11.3 Å². The summed E-state index contributed by atoms with van der Waals surface area (Å²) in [6.45, 7) is 2.52. The Hall–Kier alpha value is -3.20. The van der Waals surface area contributed by atoms with Crippen LogP contribution in [0.5, 0.6) is 0 Å². The highest BCUT2D eigenvalue weighted by Gasteiger charge is 2.27. The van der Waals surface area contributed by atoms with Crippen LogP contribution >= 0.6 is 11.6 Å². The fraction of sp³-hybridized carbons (Fsp3) is 0.176. The number of halogens is 2. The van der Waals surface area contributed by atoms with Crippen LogP contribution in [0.3, 0.4) is 0 Å². The van der Waals surface area contributed by atoms with E-state index in [4.69, 9.17) is 25.4 Å². The van der Waals surface area contributed by atoms with Crippen LogP contribution in [0.4, 0.5) is 10.2 Å². The number of hydrogen-bond acceptors (Lipinski definition) is 7. The maximum Gasteiger partial charge on any atom is 0.344 e. The zero-order valence-electron chi connectivity index (χ0n) is 14.2. The van der Waals surface area contributed by atoms with Crippen LogP contribution in [0.1, 0.15) is 21.9 Å². The lowest BCUT2D eigenvalue weighted by Crippen LogP contribution is -2.21.